The molecular weight excluding hydrogens is 440 g/mol. The fraction of sp³-hybridized carbons (Fsp3) is 0.357. The van der Waals surface area contributed by atoms with Crippen molar-refractivity contribution in [2.75, 3.05) is 13.1 Å². The van der Waals surface area contributed by atoms with Crippen molar-refractivity contribution in [1.82, 2.24) is 14.9 Å². The van der Waals surface area contributed by atoms with Gasteiger partial charge in [0.2, 0.25) is 0 Å². The van der Waals surface area contributed by atoms with Gasteiger partial charge in [0.05, 0.1) is 17.3 Å². The Morgan fingerprint density at radius 1 is 1.20 bits per heavy atom. The summed E-state index contributed by atoms with van der Waals surface area (Å²) in [6.07, 6.45) is 4.93. The van der Waals surface area contributed by atoms with Gasteiger partial charge >= 0.3 is 5.97 Å². The molecule has 4 rings (SSSR count). The van der Waals surface area contributed by atoms with E-state index in [0.29, 0.717) is 13.2 Å². The second-order valence-corrected chi connectivity index (χ2v) is 9.09. The van der Waals surface area contributed by atoms with Crippen LogP contribution in [0.5, 0.6) is 0 Å². The summed E-state index contributed by atoms with van der Waals surface area (Å²) in [6, 6.07) is 14.5. The van der Waals surface area contributed by atoms with Crippen molar-refractivity contribution in [3.05, 3.63) is 82.8 Å². The van der Waals surface area contributed by atoms with Gasteiger partial charge in [-0.3, -0.25) is 9.69 Å². The molecule has 1 N–H and O–H groups in total. The van der Waals surface area contributed by atoms with E-state index in [2.05, 4.69) is 64.2 Å². The van der Waals surface area contributed by atoms with Gasteiger partial charge in [-0.1, -0.05) is 42.4 Å². The molecule has 1 aliphatic rings. The van der Waals surface area contributed by atoms with Crippen LogP contribution in [0, 0.1) is 12.8 Å². The highest BCUT2D eigenvalue weighted by Crippen LogP contribution is 2.23. The SMILES string of the molecule is CCc1cc(/C(C)=N/OCc2ccc(-c3ccncn3)c(C)c2)ccc1CN1CC[C@H](C(=O)O)C1. The Kier molecular flexibility index (Phi) is 7.87. The van der Waals surface area contributed by atoms with Crippen molar-refractivity contribution in [3.63, 3.8) is 0 Å². The maximum atomic E-state index is 11.3. The first-order chi connectivity index (χ1) is 16.9. The Morgan fingerprint density at radius 3 is 2.74 bits per heavy atom. The Labute approximate surface area is 206 Å². The molecule has 1 atom stereocenters. The van der Waals surface area contributed by atoms with Crippen LogP contribution >= 0.6 is 0 Å². The highest BCUT2D eigenvalue weighted by atomic mass is 16.6. The number of carbonyl (C=O) groups is 1. The molecule has 2 heterocycles. The molecule has 0 aliphatic carbocycles. The maximum absolute atomic E-state index is 11.3. The molecule has 1 aromatic heterocycles. The molecule has 1 saturated heterocycles. The van der Waals surface area contributed by atoms with Crippen molar-refractivity contribution in [3.8, 4) is 11.3 Å². The van der Waals surface area contributed by atoms with Crippen LogP contribution in [0.3, 0.4) is 0 Å². The highest BCUT2D eigenvalue weighted by Gasteiger charge is 2.28. The monoisotopic (exact) mass is 472 g/mol. The summed E-state index contributed by atoms with van der Waals surface area (Å²) in [7, 11) is 0. The third-order valence-corrected chi connectivity index (χ3v) is 6.60. The van der Waals surface area contributed by atoms with E-state index in [-0.39, 0.29) is 5.92 Å². The van der Waals surface area contributed by atoms with Gasteiger partial charge in [-0.05, 0) is 73.2 Å². The van der Waals surface area contributed by atoms with E-state index in [4.69, 9.17) is 4.84 Å². The zero-order valence-electron chi connectivity index (χ0n) is 20.6. The quantitative estimate of drug-likeness (QED) is 0.353. The molecule has 1 aliphatic heterocycles. The number of nitrogens with zero attached hydrogens (tertiary/aromatic N) is 4. The number of carboxylic acids is 1. The van der Waals surface area contributed by atoms with Crippen LogP contribution in [0.15, 0.2) is 60.1 Å². The Morgan fingerprint density at radius 2 is 2.06 bits per heavy atom. The number of aliphatic carboxylic acids is 1. The number of aryl methyl sites for hydroxylation is 2. The Balaban J connectivity index is 1.38. The maximum Gasteiger partial charge on any atom is 0.307 e. The smallest absolute Gasteiger partial charge is 0.307 e. The fourth-order valence-electron chi connectivity index (χ4n) is 4.56. The lowest BCUT2D eigenvalue weighted by atomic mass is 9.99. The van der Waals surface area contributed by atoms with E-state index in [1.807, 2.05) is 19.1 Å². The lowest BCUT2D eigenvalue weighted by molar-refractivity contribution is -0.141. The van der Waals surface area contributed by atoms with Gasteiger partial charge in [0.1, 0.15) is 12.9 Å². The summed E-state index contributed by atoms with van der Waals surface area (Å²) in [6.45, 7) is 8.78. The summed E-state index contributed by atoms with van der Waals surface area (Å²) in [5.41, 5.74) is 8.52. The van der Waals surface area contributed by atoms with Gasteiger partial charge in [-0.15, -0.1) is 0 Å². The van der Waals surface area contributed by atoms with Crippen LogP contribution in [-0.4, -0.2) is 44.7 Å². The van der Waals surface area contributed by atoms with Crippen molar-refractivity contribution >= 4 is 11.7 Å². The van der Waals surface area contributed by atoms with E-state index in [1.165, 1.54) is 11.1 Å². The van der Waals surface area contributed by atoms with E-state index < -0.39 is 5.97 Å². The molecule has 7 heteroatoms. The third kappa shape index (κ3) is 6.11. The predicted octanol–water partition coefficient (Wildman–Crippen LogP) is 4.86. The number of hydrogen-bond donors (Lipinski definition) is 1. The zero-order valence-corrected chi connectivity index (χ0v) is 20.6. The minimum absolute atomic E-state index is 0.252. The van der Waals surface area contributed by atoms with Crippen LogP contribution in [0.25, 0.3) is 11.3 Å². The Hall–Kier alpha value is -3.58. The molecule has 35 heavy (non-hydrogen) atoms. The number of oxime groups is 1. The first kappa shape index (κ1) is 24.5. The van der Waals surface area contributed by atoms with E-state index >= 15 is 0 Å². The molecular formula is C28H32N4O3. The average Bonchev–Trinajstić information content (AvgIpc) is 3.34. The largest absolute Gasteiger partial charge is 0.481 e. The van der Waals surface area contributed by atoms with Gasteiger partial charge in [0.15, 0.2) is 0 Å². The second-order valence-electron chi connectivity index (χ2n) is 9.09. The van der Waals surface area contributed by atoms with Crippen molar-refractivity contribution in [2.24, 2.45) is 11.1 Å². The second kappa shape index (κ2) is 11.2. The zero-order chi connectivity index (χ0) is 24.8. The van der Waals surface area contributed by atoms with Crippen LogP contribution in [0.2, 0.25) is 0 Å². The molecule has 2 aromatic carbocycles. The molecule has 0 amide bonds. The summed E-state index contributed by atoms with van der Waals surface area (Å²) < 4.78 is 0. The van der Waals surface area contributed by atoms with Crippen LogP contribution < -0.4 is 0 Å². The molecule has 0 saturated carbocycles. The minimum atomic E-state index is -0.692. The van der Waals surface area contributed by atoms with Crippen molar-refractivity contribution in [1.29, 1.82) is 0 Å². The number of likely N-dealkylation sites (tertiary alicyclic amines) is 1. The summed E-state index contributed by atoms with van der Waals surface area (Å²) in [4.78, 5) is 27.5. The van der Waals surface area contributed by atoms with E-state index in [1.54, 1.807) is 12.5 Å². The summed E-state index contributed by atoms with van der Waals surface area (Å²) in [5, 5.41) is 13.6. The first-order valence-corrected chi connectivity index (χ1v) is 12.0. The van der Waals surface area contributed by atoms with Crippen molar-refractivity contribution < 1.29 is 14.7 Å². The molecule has 0 spiro atoms. The van der Waals surface area contributed by atoms with Gasteiger partial charge in [-0.2, -0.15) is 0 Å². The van der Waals surface area contributed by atoms with E-state index in [9.17, 15) is 9.90 Å². The molecule has 0 bridgehead atoms. The molecule has 0 radical (unpaired) electrons. The average molecular weight is 473 g/mol. The standard InChI is InChI=1S/C28H32N4O3/c1-4-22-14-23(6-7-24(22)15-32-12-10-25(16-32)28(33)34)20(3)31-35-17-21-5-8-26(19(2)13-21)27-9-11-29-18-30-27/h5-9,11,13-14,18,25H,4,10,12,15-17H2,1-3H3,(H,33,34)/b31-20+/t25-/m0/s1. The molecule has 1 fully saturated rings. The third-order valence-electron chi connectivity index (χ3n) is 6.60. The summed E-state index contributed by atoms with van der Waals surface area (Å²) in [5.74, 6) is -0.944. The lowest BCUT2D eigenvalue weighted by Gasteiger charge is -2.18. The van der Waals surface area contributed by atoms with Gasteiger partial charge in [0.25, 0.3) is 0 Å². The van der Waals surface area contributed by atoms with Gasteiger partial charge in [-0.25, -0.2) is 9.97 Å². The molecule has 0 unspecified atom stereocenters. The molecule has 3 aromatic rings. The highest BCUT2D eigenvalue weighted by molar-refractivity contribution is 5.98. The number of rotatable bonds is 9. The topological polar surface area (TPSA) is 87.9 Å². The van der Waals surface area contributed by atoms with Crippen molar-refractivity contribution in [2.45, 2.75) is 46.8 Å². The number of hydrogen-bond acceptors (Lipinski definition) is 6. The van der Waals surface area contributed by atoms with Crippen LogP contribution in [0.1, 0.15) is 48.1 Å². The van der Waals surface area contributed by atoms with Crippen LogP contribution in [-0.2, 0) is 29.2 Å². The number of aromatic nitrogens is 2. The molecule has 182 valence electrons. The number of benzene rings is 2. The fourth-order valence-corrected chi connectivity index (χ4v) is 4.56. The lowest BCUT2D eigenvalue weighted by Crippen LogP contribution is -2.23. The minimum Gasteiger partial charge on any atom is -0.481 e. The summed E-state index contributed by atoms with van der Waals surface area (Å²) >= 11 is 0. The Bertz CT molecular complexity index is 1210. The first-order valence-electron chi connectivity index (χ1n) is 12.0. The van der Waals surface area contributed by atoms with E-state index in [0.717, 1.165) is 59.6 Å². The van der Waals surface area contributed by atoms with Gasteiger partial charge in [0, 0.05) is 24.8 Å². The predicted molar refractivity (Wildman–Crippen MR) is 136 cm³/mol. The normalized spacial score (nSPS) is 16.4. The molecule has 7 nitrogen and oxygen atoms in total. The van der Waals surface area contributed by atoms with Crippen LogP contribution in [0.4, 0.5) is 0 Å². The van der Waals surface area contributed by atoms with Gasteiger partial charge < -0.3 is 9.94 Å². The number of carboxylic acid groups (broad SMARTS) is 1.